The molecule has 7 nitrogen and oxygen atoms in total. The Morgan fingerprint density at radius 2 is 2.28 bits per heavy atom. The first kappa shape index (κ1) is 12.7. The topological polar surface area (TPSA) is 107 Å². The molecule has 0 atom stereocenters. The maximum absolute atomic E-state index is 11.8. The first-order chi connectivity index (χ1) is 8.38. The lowest BCUT2D eigenvalue weighted by atomic mass is 10.3. The monoisotopic (exact) mass is 286 g/mol. The first-order valence-corrected chi connectivity index (χ1v) is 7.27. The molecule has 2 aromatic heterocycles. The number of nitrogens with zero attached hydrogens (tertiary/aromatic N) is 2. The van der Waals surface area contributed by atoms with Crippen molar-refractivity contribution < 1.29 is 13.2 Å². The summed E-state index contributed by atoms with van der Waals surface area (Å²) in [6, 6.07) is 1.62. The van der Waals surface area contributed by atoms with Crippen LogP contribution in [0.25, 0.3) is 0 Å². The number of amides is 1. The fourth-order valence-corrected chi connectivity index (χ4v) is 2.63. The zero-order valence-corrected chi connectivity index (χ0v) is 11.0. The van der Waals surface area contributed by atoms with E-state index in [2.05, 4.69) is 10.4 Å². The highest BCUT2D eigenvalue weighted by atomic mass is 32.2. The molecule has 0 radical (unpaired) electrons. The van der Waals surface area contributed by atoms with Crippen molar-refractivity contribution in [1.82, 2.24) is 9.78 Å². The van der Waals surface area contributed by atoms with Crippen LogP contribution in [0.5, 0.6) is 0 Å². The normalized spacial score (nSPS) is 11.4. The van der Waals surface area contributed by atoms with Gasteiger partial charge in [0.25, 0.3) is 5.91 Å². The third-order valence-electron chi connectivity index (χ3n) is 2.12. The van der Waals surface area contributed by atoms with Crippen molar-refractivity contribution in [3.63, 3.8) is 0 Å². The van der Waals surface area contributed by atoms with Crippen LogP contribution in [0.4, 0.5) is 5.82 Å². The number of carbonyl (C=O) groups excluding carboxylic acids is 1. The van der Waals surface area contributed by atoms with Crippen molar-refractivity contribution >= 4 is 33.1 Å². The molecule has 0 bridgehead atoms. The van der Waals surface area contributed by atoms with E-state index in [4.69, 9.17) is 5.14 Å². The van der Waals surface area contributed by atoms with Gasteiger partial charge in [0.2, 0.25) is 10.0 Å². The number of carbonyl (C=O) groups is 1. The molecule has 0 fully saturated rings. The van der Waals surface area contributed by atoms with Crippen molar-refractivity contribution in [3.05, 3.63) is 28.6 Å². The Morgan fingerprint density at radius 1 is 1.56 bits per heavy atom. The lowest BCUT2D eigenvalue weighted by Gasteiger charge is -2.01. The molecule has 96 valence electrons. The number of primary sulfonamides is 1. The maximum Gasteiger partial charge on any atom is 0.257 e. The highest BCUT2D eigenvalue weighted by Crippen LogP contribution is 2.18. The molecular weight excluding hydrogens is 276 g/mol. The molecule has 2 aromatic rings. The lowest BCUT2D eigenvalue weighted by Crippen LogP contribution is -2.17. The van der Waals surface area contributed by atoms with E-state index in [9.17, 15) is 13.2 Å². The van der Waals surface area contributed by atoms with Crippen LogP contribution in [0.15, 0.2) is 27.9 Å². The van der Waals surface area contributed by atoms with Gasteiger partial charge in [-0.05, 0) is 11.4 Å². The average molecular weight is 286 g/mol. The lowest BCUT2D eigenvalue weighted by molar-refractivity contribution is 0.102. The summed E-state index contributed by atoms with van der Waals surface area (Å²) in [7, 11) is -2.39. The predicted molar refractivity (Wildman–Crippen MR) is 66.9 cm³/mol. The number of anilines is 1. The number of aryl methyl sites for hydroxylation is 1. The van der Waals surface area contributed by atoms with Gasteiger partial charge in [-0.1, -0.05) is 0 Å². The van der Waals surface area contributed by atoms with E-state index in [0.717, 1.165) is 0 Å². The quantitative estimate of drug-likeness (QED) is 0.850. The fraction of sp³-hybridized carbons (Fsp3) is 0.111. The van der Waals surface area contributed by atoms with Gasteiger partial charge in [0, 0.05) is 18.6 Å². The molecule has 1 amide bonds. The Labute approximate surface area is 107 Å². The molecule has 0 unspecified atom stereocenters. The predicted octanol–water partition coefficient (Wildman–Crippen LogP) is 0.381. The van der Waals surface area contributed by atoms with Crippen LogP contribution in [0, 0.1) is 0 Å². The van der Waals surface area contributed by atoms with Crippen LogP contribution >= 0.6 is 11.3 Å². The van der Waals surface area contributed by atoms with Crippen molar-refractivity contribution in [2.75, 3.05) is 5.32 Å². The van der Waals surface area contributed by atoms with Gasteiger partial charge in [0.15, 0.2) is 5.82 Å². The summed E-state index contributed by atoms with van der Waals surface area (Å²) in [6.45, 7) is 0. The molecule has 0 aromatic carbocycles. The highest BCUT2D eigenvalue weighted by molar-refractivity contribution is 7.89. The fourth-order valence-electron chi connectivity index (χ4n) is 1.33. The van der Waals surface area contributed by atoms with Crippen molar-refractivity contribution in [1.29, 1.82) is 0 Å². The van der Waals surface area contributed by atoms with E-state index in [1.165, 1.54) is 29.3 Å². The zero-order chi connectivity index (χ0) is 13.3. The number of hydrogen-bond donors (Lipinski definition) is 2. The Morgan fingerprint density at radius 3 is 2.83 bits per heavy atom. The van der Waals surface area contributed by atoms with Crippen LogP contribution in [-0.2, 0) is 17.1 Å². The molecule has 0 aliphatic carbocycles. The summed E-state index contributed by atoms with van der Waals surface area (Å²) >= 11 is 1.36. The summed E-state index contributed by atoms with van der Waals surface area (Å²) in [5, 5.41) is 14.7. The number of hydrogen-bond acceptors (Lipinski definition) is 5. The standard InChI is InChI=1S/C9H10N4O3S2/c1-13-4-7(18(10,15)16)8(12-13)11-9(14)6-2-3-17-5-6/h2-5H,1H3,(H2,10,15,16)(H,11,12,14). The molecule has 2 rings (SSSR count). The Bertz CT molecular complexity index is 673. The van der Waals surface area contributed by atoms with Crippen LogP contribution in [0.3, 0.4) is 0 Å². The largest absolute Gasteiger partial charge is 0.304 e. The van der Waals surface area contributed by atoms with Gasteiger partial charge in [-0.15, -0.1) is 0 Å². The molecule has 2 heterocycles. The van der Waals surface area contributed by atoms with Gasteiger partial charge in [0.05, 0.1) is 5.56 Å². The van der Waals surface area contributed by atoms with E-state index in [1.54, 1.807) is 16.8 Å². The number of rotatable bonds is 3. The molecule has 18 heavy (non-hydrogen) atoms. The third kappa shape index (κ3) is 2.58. The molecule has 0 saturated heterocycles. The third-order valence-corrected chi connectivity index (χ3v) is 3.71. The van der Waals surface area contributed by atoms with E-state index in [1.807, 2.05) is 0 Å². The molecule has 0 aliphatic rings. The van der Waals surface area contributed by atoms with Gasteiger partial charge in [0.1, 0.15) is 4.90 Å². The van der Waals surface area contributed by atoms with Gasteiger partial charge < -0.3 is 5.32 Å². The number of nitrogens with one attached hydrogen (secondary N) is 1. The Balaban J connectivity index is 2.33. The molecule has 0 aliphatic heterocycles. The zero-order valence-electron chi connectivity index (χ0n) is 9.32. The number of sulfonamides is 1. The van der Waals surface area contributed by atoms with Crippen molar-refractivity contribution in [2.24, 2.45) is 12.2 Å². The molecular formula is C9H10N4O3S2. The molecule has 0 spiro atoms. The second-order valence-corrected chi connectivity index (χ2v) is 5.84. The summed E-state index contributed by atoms with van der Waals surface area (Å²) in [6.07, 6.45) is 1.23. The summed E-state index contributed by atoms with van der Waals surface area (Å²) in [5.41, 5.74) is 0.436. The van der Waals surface area contributed by atoms with Gasteiger partial charge in [-0.3, -0.25) is 9.48 Å². The summed E-state index contributed by atoms with van der Waals surface area (Å²) in [4.78, 5) is 11.6. The summed E-state index contributed by atoms with van der Waals surface area (Å²) in [5.74, 6) is -0.504. The van der Waals surface area contributed by atoms with Crippen molar-refractivity contribution in [2.45, 2.75) is 4.90 Å². The molecule has 9 heteroatoms. The highest BCUT2D eigenvalue weighted by Gasteiger charge is 2.20. The van der Waals surface area contributed by atoms with E-state index in [-0.39, 0.29) is 10.7 Å². The first-order valence-electron chi connectivity index (χ1n) is 4.78. The second kappa shape index (κ2) is 4.52. The SMILES string of the molecule is Cn1cc(S(N)(=O)=O)c(NC(=O)c2ccsc2)n1. The van der Waals surface area contributed by atoms with Gasteiger partial charge >= 0.3 is 0 Å². The maximum atomic E-state index is 11.8. The Kier molecular flexibility index (Phi) is 3.20. The van der Waals surface area contributed by atoms with Gasteiger partial charge in [-0.25, -0.2) is 13.6 Å². The van der Waals surface area contributed by atoms with Crippen LogP contribution in [-0.4, -0.2) is 24.1 Å². The second-order valence-electron chi connectivity index (χ2n) is 3.53. The van der Waals surface area contributed by atoms with E-state index < -0.39 is 15.9 Å². The smallest absolute Gasteiger partial charge is 0.257 e. The minimum atomic E-state index is -3.92. The Hall–Kier alpha value is -1.71. The number of nitrogens with two attached hydrogens (primary N) is 1. The number of thiophene rings is 1. The molecule has 0 saturated carbocycles. The number of aromatic nitrogens is 2. The van der Waals surface area contributed by atoms with E-state index in [0.29, 0.717) is 5.56 Å². The van der Waals surface area contributed by atoms with Crippen LogP contribution < -0.4 is 10.5 Å². The minimum Gasteiger partial charge on any atom is -0.304 e. The van der Waals surface area contributed by atoms with Crippen molar-refractivity contribution in [3.8, 4) is 0 Å². The van der Waals surface area contributed by atoms with Crippen LogP contribution in [0.2, 0.25) is 0 Å². The van der Waals surface area contributed by atoms with Gasteiger partial charge in [-0.2, -0.15) is 16.4 Å². The summed E-state index contributed by atoms with van der Waals surface area (Å²) < 4.78 is 23.9. The minimum absolute atomic E-state index is 0.0730. The molecule has 3 N–H and O–H groups in total. The average Bonchev–Trinajstić information content (AvgIpc) is 2.85. The van der Waals surface area contributed by atoms with Crippen LogP contribution in [0.1, 0.15) is 10.4 Å². The van der Waals surface area contributed by atoms with E-state index >= 15 is 0 Å².